The molecule has 0 radical (unpaired) electrons. The Labute approximate surface area is 127 Å². The Morgan fingerprint density at radius 1 is 1.30 bits per heavy atom. The van der Waals surface area contributed by atoms with Crippen LogP contribution in [0.15, 0.2) is 6.20 Å². The van der Waals surface area contributed by atoms with Gasteiger partial charge in [0.1, 0.15) is 11.9 Å². The first-order valence-corrected chi connectivity index (χ1v) is 10.7. The molecule has 4 nitrogen and oxygen atoms in total. The number of fused-ring (bicyclic) bond motifs is 1. The lowest BCUT2D eigenvalue weighted by atomic mass is 10.4. The molecule has 0 aromatic carbocycles. The molecule has 0 fully saturated rings. The van der Waals surface area contributed by atoms with E-state index in [1.165, 1.54) is 6.20 Å². The molecule has 2 heterocycles. The second kappa shape index (κ2) is 5.97. The monoisotopic (exact) mass is 335 g/mol. The van der Waals surface area contributed by atoms with E-state index in [1.54, 1.807) is 4.57 Å². The lowest BCUT2D eigenvalue weighted by Gasteiger charge is -2.15. The Kier molecular flexibility index (Phi) is 4.68. The van der Waals surface area contributed by atoms with Crippen LogP contribution in [0.1, 0.15) is 0 Å². The number of hydrogen-bond donors (Lipinski definition) is 0. The highest BCUT2D eigenvalue weighted by Gasteiger charge is 2.16. The van der Waals surface area contributed by atoms with E-state index in [9.17, 15) is 4.39 Å². The molecule has 0 amide bonds. The molecule has 8 heteroatoms. The first-order valence-electron chi connectivity index (χ1n) is 6.23. The minimum Gasteiger partial charge on any atom is -0.361 e. The fourth-order valence-corrected chi connectivity index (χ4v) is 2.93. The summed E-state index contributed by atoms with van der Waals surface area (Å²) in [5, 5.41) is 0.173. The first kappa shape index (κ1) is 15.7. The Bertz CT molecular complexity index is 627. The molecular weight excluding hydrogens is 320 g/mol. The molecule has 0 aliphatic heterocycles. The molecular formula is C12H16Cl2FN3OSi. The first-order chi connectivity index (χ1) is 9.28. The molecule has 110 valence electrons. The van der Waals surface area contributed by atoms with Crippen molar-refractivity contribution in [2.45, 2.75) is 32.4 Å². The van der Waals surface area contributed by atoms with Gasteiger partial charge in [0.15, 0.2) is 11.5 Å². The number of ether oxygens (including phenoxy) is 1. The smallest absolute Gasteiger partial charge is 0.225 e. The van der Waals surface area contributed by atoms with Crippen LogP contribution in [0.4, 0.5) is 4.39 Å². The van der Waals surface area contributed by atoms with Crippen molar-refractivity contribution in [1.82, 2.24) is 14.5 Å². The summed E-state index contributed by atoms with van der Waals surface area (Å²) in [6, 6.07) is 1.05. The van der Waals surface area contributed by atoms with Gasteiger partial charge in [-0.1, -0.05) is 31.2 Å². The van der Waals surface area contributed by atoms with E-state index in [2.05, 4.69) is 29.6 Å². The van der Waals surface area contributed by atoms with Crippen LogP contribution in [0.2, 0.25) is 36.1 Å². The fraction of sp³-hybridized carbons (Fsp3) is 0.500. The van der Waals surface area contributed by atoms with Gasteiger partial charge in [0, 0.05) is 20.9 Å². The van der Waals surface area contributed by atoms with Crippen LogP contribution in [0.25, 0.3) is 11.0 Å². The summed E-state index contributed by atoms with van der Waals surface area (Å²) in [4.78, 5) is 7.74. The lowest BCUT2D eigenvalue weighted by molar-refractivity contribution is 0.0895. The molecule has 0 bridgehead atoms. The van der Waals surface area contributed by atoms with Crippen molar-refractivity contribution in [2.24, 2.45) is 0 Å². The quantitative estimate of drug-likeness (QED) is 0.356. The predicted molar refractivity (Wildman–Crippen MR) is 81.6 cm³/mol. The average molecular weight is 336 g/mol. The van der Waals surface area contributed by atoms with Gasteiger partial charge >= 0.3 is 0 Å². The van der Waals surface area contributed by atoms with Crippen molar-refractivity contribution >= 4 is 42.3 Å². The van der Waals surface area contributed by atoms with Gasteiger partial charge in [0.2, 0.25) is 5.28 Å². The van der Waals surface area contributed by atoms with Gasteiger partial charge < -0.3 is 9.30 Å². The van der Waals surface area contributed by atoms with E-state index < -0.39 is 13.9 Å². The Morgan fingerprint density at radius 2 is 2.00 bits per heavy atom. The summed E-state index contributed by atoms with van der Waals surface area (Å²) in [5.41, 5.74) is 0.348. The van der Waals surface area contributed by atoms with Crippen molar-refractivity contribution < 1.29 is 9.13 Å². The maximum atomic E-state index is 13.8. The highest BCUT2D eigenvalue weighted by molar-refractivity contribution is 6.76. The van der Waals surface area contributed by atoms with E-state index in [0.29, 0.717) is 12.3 Å². The van der Waals surface area contributed by atoms with E-state index in [0.717, 1.165) is 6.04 Å². The fourth-order valence-electron chi connectivity index (χ4n) is 1.71. The highest BCUT2D eigenvalue weighted by atomic mass is 35.5. The molecule has 0 atom stereocenters. The third-order valence-electron chi connectivity index (χ3n) is 2.83. The molecule has 2 aromatic heterocycles. The van der Waals surface area contributed by atoms with E-state index in [4.69, 9.17) is 27.9 Å². The molecule has 0 aliphatic carbocycles. The number of nitrogens with zero attached hydrogens (tertiary/aromatic N) is 3. The zero-order valence-electron chi connectivity index (χ0n) is 11.6. The third kappa shape index (κ3) is 3.69. The number of halogens is 3. The number of hydrogen-bond acceptors (Lipinski definition) is 3. The molecule has 0 saturated carbocycles. The third-order valence-corrected chi connectivity index (χ3v) is 4.97. The molecule has 0 aliphatic rings. The Hall–Kier alpha value is -0.693. The molecule has 20 heavy (non-hydrogen) atoms. The van der Waals surface area contributed by atoms with Crippen LogP contribution in [-0.4, -0.2) is 29.2 Å². The molecule has 0 spiro atoms. The summed E-state index contributed by atoms with van der Waals surface area (Å²) in [6.45, 7) is 7.67. The summed E-state index contributed by atoms with van der Waals surface area (Å²) in [6.07, 6.45) is 1.30. The van der Waals surface area contributed by atoms with Crippen molar-refractivity contribution in [3.8, 4) is 0 Å². The van der Waals surface area contributed by atoms with E-state index >= 15 is 0 Å². The van der Waals surface area contributed by atoms with Crippen molar-refractivity contribution in [3.63, 3.8) is 0 Å². The van der Waals surface area contributed by atoms with E-state index in [1.807, 2.05) is 0 Å². The summed E-state index contributed by atoms with van der Waals surface area (Å²) in [7, 11) is -1.14. The maximum Gasteiger partial charge on any atom is 0.225 e. The van der Waals surface area contributed by atoms with Gasteiger partial charge in [-0.3, -0.25) is 0 Å². The molecule has 0 unspecified atom stereocenters. The van der Waals surface area contributed by atoms with Crippen molar-refractivity contribution in [1.29, 1.82) is 0 Å². The zero-order valence-corrected chi connectivity index (χ0v) is 14.1. The SMILES string of the molecule is C[Si](C)(C)CCOCn1cc(F)c2c(Cl)nc(Cl)nc21. The number of aromatic nitrogens is 3. The molecule has 0 saturated heterocycles. The van der Waals surface area contributed by atoms with Crippen molar-refractivity contribution in [3.05, 3.63) is 22.5 Å². The van der Waals surface area contributed by atoms with Crippen LogP contribution in [0.3, 0.4) is 0 Å². The Balaban J connectivity index is 2.15. The maximum absolute atomic E-state index is 13.8. The van der Waals surface area contributed by atoms with Crippen molar-refractivity contribution in [2.75, 3.05) is 6.61 Å². The second-order valence-electron chi connectivity index (χ2n) is 5.78. The van der Waals surface area contributed by atoms with E-state index in [-0.39, 0.29) is 22.6 Å². The van der Waals surface area contributed by atoms with Gasteiger partial charge in [-0.15, -0.1) is 0 Å². The van der Waals surface area contributed by atoms with Gasteiger partial charge in [0.25, 0.3) is 0 Å². The van der Waals surface area contributed by atoms with Crippen LogP contribution in [0, 0.1) is 5.82 Å². The van der Waals surface area contributed by atoms with Crippen LogP contribution in [0.5, 0.6) is 0 Å². The minimum absolute atomic E-state index is 0.0102. The highest BCUT2D eigenvalue weighted by Crippen LogP contribution is 2.26. The summed E-state index contributed by atoms with van der Waals surface area (Å²) >= 11 is 11.6. The van der Waals surface area contributed by atoms with Gasteiger partial charge in [-0.2, -0.15) is 4.98 Å². The molecule has 0 N–H and O–H groups in total. The average Bonchev–Trinajstić information content (AvgIpc) is 2.60. The van der Waals surface area contributed by atoms with Crippen LogP contribution < -0.4 is 0 Å². The largest absolute Gasteiger partial charge is 0.361 e. The van der Waals surface area contributed by atoms with Gasteiger partial charge in [0.05, 0.1) is 5.39 Å². The minimum atomic E-state index is -1.14. The molecule has 2 aromatic rings. The van der Waals surface area contributed by atoms with Gasteiger partial charge in [-0.25, -0.2) is 9.37 Å². The standard InChI is InChI=1S/C12H16Cl2FN3OSi/c1-20(2,3)5-4-19-7-18-6-8(15)9-10(13)16-12(14)17-11(9)18/h6H,4-5,7H2,1-3H3. The van der Waals surface area contributed by atoms with Crippen LogP contribution >= 0.6 is 23.2 Å². The lowest BCUT2D eigenvalue weighted by Crippen LogP contribution is -2.22. The summed E-state index contributed by atoms with van der Waals surface area (Å²) < 4.78 is 21.0. The normalized spacial score (nSPS) is 12.3. The number of rotatable bonds is 5. The topological polar surface area (TPSA) is 39.9 Å². The van der Waals surface area contributed by atoms with Crippen LogP contribution in [-0.2, 0) is 11.5 Å². The zero-order chi connectivity index (χ0) is 14.9. The van der Waals surface area contributed by atoms with Gasteiger partial charge in [-0.05, 0) is 17.6 Å². The Morgan fingerprint density at radius 3 is 2.65 bits per heavy atom. The predicted octanol–water partition coefficient (Wildman–Crippen LogP) is 4.19. The molecule has 2 rings (SSSR count). The summed E-state index contributed by atoms with van der Waals surface area (Å²) in [5.74, 6) is -0.476. The second-order valence-corrected chi connectivity index (χ2v) is 12.1.